The summed E-state index contributed by atoms with van der Waals surface area (Å²) in [7, 11) is 1.66. The number of hydrogen-bond acceptors (Lipinski definition) is 4. The Morgan fingerprint density at radius 2 is 2.20 bits per heavy atom. The lowest BCUT2D eigenvalue weighted by molar-refractivity contribution is 0.146. The molecule has 0 atom stereocenters. The summed E-state index contributed by atoms with van der Waals surface area (Å²) in [5.41, 5.74) is 3.22. The number of aromatic nitrogens is 2. The van der Waals surface area contributed by atoms with Crippen LogP contribution in [0.25, 0.3) is 11.6 Å². The zero-order valence-corrected chi connectivity index (χ0v) is 15.2. The molecule has 25 heavy (non-hydrogen) atoms. The first-order valence-corrected chi connectivity index (χ1v) is 8.65. The molecule has 0 fully saturated rings. The number of aliphatic hydroxyl groups excluding tert-OH is 1. The Balaban J connectivity index is 1.75. The Hall–Kier alpha value is -2.27. The molecular weight excluding hydrogens is 316 g/mol. The highest BCUT2D eigenvalue weighted by Gasteiger charge is 2.18. The standard InChI is InChI=1S/C20H26N2O3/c1-20(2,13-23)7-4-8-22-14-21-11-18(22)16-9-15-5-6-17(24-3)10-19(15)25-12-16/h5-6,9-11,14,23H,4,7-8,12-13H2,1-3H3. The maximum atomic E-state index is 9.39. The number of nitrogens with zero attached hydrogens (tertiary/aromatic N) is 2. The van der Waals surface area contributed by atoms with Gasteiger partial charge in [0.2, 0.25) is 0 Å². The van der Waals surface area contributed by atoms with Crippen molar-refractivity contribution in [2.24, 2.45) is 5.41 Å². The fourth-order valence-corrected chi connectivity index (χ4v) is 2.99. The van der Waals surface area contributed by atoms with Crippen LogP contribution >= 0.6 is 0 Å². The molecule has 134 valence electrons. The molecular formula is C20H26N2O3. The van der Waals surface area contributed by atoms with E-state index in [1.54, 1.807) is 7.11 Å². The van der Waals surface area contributed by atoms with Gasteiger partial charge >= 0.3 is 0 Å². The lowest BCUT2D eigenvalue weighted by Gasteiger charge is -2.22. The van der Waals surface area contributed by atoms with Crippen molar-refractivity contribution in [1.29, 1.82) is 0 Å². The van der Waals surface area contributed by atoms with Crippen LogP contribution in [0.2, 0.25) is 0 Å². The molecule has 1 aliphatic heterocycles. The van der Waals surface area contributed by atoms with Crippen molar-refractivity contribution in [3.8, 4) is 11.5 Å². The molecule has 0 unspecified atom stereocenters. The highest BCUT2D eigenvalue weighted by atomic mass is 16.5. The Morgan fingerprint density at radius 3 is 2.96 bits per heavy atom. The maximum absolute atomic E-state index is 9.39. The molecule has 5 nitrogen and oxygen atoms in total. The van der Waals surface area contributed by atoms with Crippen LogP contribution in [0.3, 0.4) is 0 Å². The SMILES string of the molecule is COc1ccc2c(c1)OCC(c1cncn1CCCC(C)(C)CO)=C2. The van der Waals surface area contributed by atoms with Crippen LogP contribution < -0.4 is 9.47 Å². The largest absolute Gasteiger partial charge is 0.497 e. The molecule has 2 heterocycles. The summed E-state index contributed by atoms with van der Waals surface area (Å²) in [5, 5.41) is 9.39. The summed E-state index contributed by atoms with van der Waals surface area (Å²) in [6.07, 6.45) is 7.88. The summed E-state index contributed by atoms with van der Waals surface area (Å²) < 4.78 is 13.3. The van der Waals surface area contributed by atoms with Crippen LogP contribution in [0.15, 0.2) is 30.7 Å². The smallest absolute Gasteiger partial charge is 0.130 e. The van der Waals surface area contributed by atoms with E-state index >= 15 is 0 Å². The van der Waals surface area contributed by atoms with Crippen molar-refractivity contribution in [3.63, 3.8) is 0 Å². The molecule has 1 aromatic carbocycles. The van der Waals surface area contributed by atoms with E-state index in [1.807, 2.05) is 30.7 Å². The van der Waals surface area contributed by atoms with Gasteiger partial charge in [0.25, 0.3) is 0 Å². The normalized spacial score (nSPS) is 13.8. The summed E-state index contributed by atoms with van der Waals surface area (Å²) in [4.78, 5) is 4.31. The summed E-state index contributed by atoms with van der Waals surface area (Å²) in [5.74, 6) is 1.64. The lowest BCUT2D eigenvalue weighted by atomic mass is 9.89. The Labute approximate surface area is 148 Å². The molecule has 2 aromatic rings. The molecule has 0 amide bonds. The van der Waals surface area contributed by atoms with Crippen LogP contribution in [-0.2, 0) is 6.54 Å². The van der Waals surface area contributed by atoms with Gasteiger partial charge in [0, 0.05) is 30.4 Å². The summed E-state index contributed by atoms with van der Waals surface area (Å²) in [6, 6.07) is 5.87. The zero-order chi connectivity index (χ0) is 17.9. The predicted molar refractivity (Wildman–Crippen MR) is 98.7 cm³/mol. The van der Waals surface area contributed by atoms with Gasteiger partial charge in [-0.3, -0.25) is 0 Å². The second-order valence-electron chi connectivity index (χ2n) is 7.26. The van der Waals surface area contributed by atoms with Gasteiger partial charge in [-0.2, -0.15) is 0 Å². The Kier molecular flexibility index (Phi) is 5.13. The first-order valence-electron chi connectivity index (χ1n) is 8.65. The average molecular weight is 342 g/mol. The number of rotatable bonds is 7. The van der Waals surface area contributed by atoms with E-state index in [-0.39, 0.29) is 12.0 Å². The van der Waals surface area contributed by atoms with Crippen molar-refractivity contribution >= 4 is 11.6 Å². The predicted octanol–water partition coefficient (Wildman–Crippen LogP) is 3.62. The van der Waals surface area contributed by atoms with Crippen molar-refractivity contribution < 1.29 is 14.6 Å². The van der Waals surface area contributed by atoms with Gasteiger partial charge in [-0.25, -0.2) is 4.98 Å². The maximum Gasteiger partial charge on any atom is 0.130 e. The minimum atomic E-state index is -0.0358. The number of hydrogen-bond donors (Lipinski definition) is 1. The van der Waals surface area contributed by atoms with Crippen molar-refractivity contribution in [2.45, 2.75) is 33.2 Å². The fourth-order valence-electron chi connectivity index (χ4n) is 2.99. The third kappa shape index (κ3) is 4.04. The topological polar surface area (TPSA) is 56.5 Å². The quantitative estimate of drug-likeness (QED) is 0.835. The van der Waals surface area contributed by atoms with Gasteiger partial charge in [0.15, 0.2) is 0 Å². The van der Waals surface area contributed by atoms with Gasteiger partial charge in [-0.05, 0) is 36.5 Å². The van der Waals surface area contributed by atoms with Gasteiger partial charge in [0.1, 0.15) is 18.1 Å². The molecule has 1 aliphatic rings. The summed E-state index contributed by atoms with van der Waals surface area (Å²) >= 11 is 0. The molecule has 0 saturated heterocycles. The van der Waals surface area contributed by atoms with Crippen LogP contribution in [0.1, 0.15) is 37.9 Å². The zero-order valence-electron chi connectivity index (χ0n) is 15.2. The van der Waals surface area contributed by atoms with Crippen molar-refractivity contribution in [2.75, 3.05) is 20.3 Å². The van der Waals surface area contributed by atoms with Crippen LogP contribution in [0.4, 0.5) is 0 Å². The molecule has 0 aliphatic carbocycles. The Morgan fingerprint density at radius 1 is 1.36 bits per heavy atom. The van der Waals surface area contributed by atoms with Gasteiger partial charge in [-0.15, -0.1) is 0 Å². The number of aryl methyl sites for hydroxylation is 1. The number of benzene rings is 1. The molecule has 1 N–H and O–H groups in total. The van der Waals surface area contributed by atoms with Crippen molar-refractivity contribution in [1.82, 2.24) is 9.55 Å². The molecule has 3 rings (SSSR count). The minimum absolute atomic E-state index is 0.0358. The lowest BCUT2D eigenvalue weighted by Crippen LogP contribution is -2.17. The van der Waals surface area contributed by atoms with E-state index in [0.29, 0.717) is 6.61 Å². The molecule has 1 aromatic heterocycles. The number of imidazole rings is 1. The third-order valence-electron chi connectivity index (χ3n) is 4.66. The van der Waals surface area contributed by atoms with Crippen LogP contribution in [-0.4, -0.2) is 35.0 Å². The fraction of sp³-hybridized carbons (Fsp3) is 0.450. The molecule has 0 radical (unpaired) electrons. The van der Waals surface area contributed by atoms with E-state index in [9.17, 15) is 5.11 Å². The number of methoxy groups -OCH3 is 1. The number of fused-ring (bicyclic) bond motifs is 1. The van der Waals surface area contributed by atoms with Gasteiger partial charge < -0.3 is 19.1 Å². The molecule has 0 spiro atoms. The van der Waals surface area contributed by atoms with Crippen molar-refractivity contribution in [3.05, 3.63) is 42.0 Å². The number of ether oxygens (including phenoxy) is 2. The first kappa shape index (κ1) is 17.5. The van der Waals surface area contributed by atoms with Crippen LogP contribution in [0, 0.1) is 5.41 Å². The van der Waals surface area contributed by atoms with E-state index in [4.69, 9.17) is 9.47 Å². The van der Waals surface area contributed by atoms with Gasteiger partial charge in [-0.1, -0.05) is 13.8 Å². The van der Waals surface area contributed by atoms with E-state index in [2.05, 4.69) is 29.5 Å². The van der Waals surface area contributed by atoms with Crippen LogP contribution in [0.5, 0.6) is 11.5 Å². The minimum Gasteiger partial charge on any atom is -0.497 e. The second kappa shape index (κ2) is 7.31. The second-order valence-corrected chi connectivity index (χ2v) is 7.26. The highest BCUT2D eigenvalue weighted by Crippen LogP contribution is 2.33. The Bertz CT molecular complexity index is 762. The van der Waals surface area contributed by atoms with Gasteiger partial charge in [0.05, 0.1) is 25.3 Å². The first-order chi connectivity index (χ1) is 12.0. The molecule has 0 saturated carbocycles. The summed E-state index contributed by atoms with van der Waals surface area (Å²) in [6.45, 7) is 5.79. The monoisotopic (exact) mass is 342 g/mol. The third-order valence-corrected chi connectivity index (χ3v) is 4.66. The van der Waals surface area contributed by atoms with E-state index < -0.39 is 0 Å². The highest BCUT2D eigenvalue weighted by molar-refractivity contribution is 5.84. The average Bonchev–Trinajstić information content (AvgIpc) is 3.09. The van der Waals surface area contributed by atoms with E-state index in [1.165, 1.54) is 0 Å². The molecule has 0 bridgehead atoms. The van der Waals surface area contributed by atoms with E-state index in [0.717, 1.165) is 47.7 Å². The number of aliphatic hydroxyl groups is 1. The molecule has 5 heteroatoms.